The molecule has 1 atom stereocenters. The molecule has 1 amide bonds. The summed E-state index contributed by atoms with van der Waals surface area (Å²) in [6.07, 6.45) is 3.97. The van der Waals surface area contributed by atoms with Crippen molar-refractivity contribution in [3.05, 3.63) is 74.8 Å². The van der Waals surface area contributed by atoms with Gasteiger partial charge in [0.25, 0.3) is 5.56 Å². The maximum atomic E-state index is 13.6. The monoisotopic (exact) mass is 510 g/mol. The van der Waals surface area contributed by atoms with Crippen molar-refractivity contribution in [2.45, 2.75) is 45.1 Å². The summed E-state index contributed by atoms with van der Waals surface area (Å²) in [5, 5.41) is 0.326. The van der Waals surface area contributed by atoms with Crippen LogP contribution < -0.4 is 17.0 Å². The summed E-state index contributed by atoms with van der Waals surface area (Å²) in [7, 11) is 0. The van der Waals surface area contributed by atoms with Gasteiger partial charge in [-0.25, -0.2) is 9.78 Å². The van der Waals surface area contributed by atoms with E-state index in [0.717, 1.165) is 23.0 Å². The second kappa shape index (κ2) is 10.2. The lowest BCUT2D eigenvalue weighted by molar-refractivity contribution is -0.118. The van der Waals surface area contributed by atoms with Crippen molar-refractivity contribution in [2.24, 2.45) is 5.73 Å². The molecule has 4 heterocycles. The summed E-state index contributed by atoms with van der Waals surface area (Å²) in [5.41, 5.74) is 5.72. The highest BCUT2D eigenvalue weighted by molar-refractivity contribution is 7.22. The topological polar surface area (TPSA) is 132 Å². The fraction of sp³-hybridized carbons (Fsp3) is 0.360. The highest BCUT2D eigenvalue weighted by atomic mass is 32.1. The van der Waals surface area contributed by atoms with Crippen LogP contribution >= 0.6 is 11.3 Å². The molecule has 0 unspecified atom stereocenters. The van der Waals surface area contributed by atoms with Crippen molar-refractivity contribution >= 4 is 27.5 Å². The molecule has 1 aromatic carbocycles. The van der Waals surface area contributed by atoms with Gasteiger partial charge in [0, 0.05) is 13.2 Å². The van der Waals surface area contributed by atoms with E-state index in [9.17, 15) is 14.4 Å². The number of hydrogen-bond donors (Lipinski definition) is 1. The molecule has 188 valence electrons. The third-order valence-electron chi connectivity index (χ3n) is 6.28. The molecule has 0 saturated carbocycles. The molecule has 36 heavy (non-hydrogen) atoms. The van der Waals surface area contributed by atoms with Crippen LogP contribution in [-0.2, 0) is 27.4 Å². The van der Waals surface area contributed by atoms with Crippen LogP contribution in [0.3, 0.4) is 0 Å². The molecule has 11 heteroatoms. The Labute approximate surface area is 209 Å². The summed E-state index contributed by atoms with van der Waals surface area (Å²) < 4.78 is 19.8. The Morgan fingerprint density at radius 2 is 1.97 bits per heavy atom. The molecule has 1 saturated heterocycles. The van der Waals surface area contributed by atoms with E-state index in [1.54, 1.807) is 6.92 Å². The number of primary amides is 1. The first-order valence-corrected chi connectivity index (χ1v) is 12.5. The molecule has 0 spiro atoms. The van der Waals surface area contributed by atoms with E-state index in [4.69, 9.17) is 19.6 Å². The number of nitrogens with zero attached hydrogens (tertiary/aromatic N) is 3. The Morgan fingerprint density at radius 1 is 1.22 bits per heavy atom. The van der Waals surface area contributed by atoms with Gasteiger partial charge in [0.2, 0.25) is 11.8 Å². The molecule has 4 aromatic rings. The second-order valence-electron chi connectivity index (χ2n) is 8.67. The minimum atomic E-state index is -0.779. The Balaban J connectivity index is 1.68. The maximum Gasteiger partial charge on any atom is 0.332 e. The van der Waals surface area contributed by atoms with Crippen LogP contribution in [0.5, 0.6) is 0 Å². The number of fused-ring (bicyclic) bond motifs is 1. The zero-order valence-electron chi connectivity index (χ0n) is 19.7. The van der Waals surface area contributed by atoms with Gasteiger partial charge in [-0.3, -0.25) is 18.7 Å². The molecular formula is C25H26N4O6S. The normalized spacial score (nSPS) is 15.4. The zero-order chi connectivity index (χ0) is 25.2. The number of thiophene rings is 1. The van der Waals surface area contributed by atoms with Crippen molar-refractivity contribution in [1.29, 1.82) is 0 Å². The molecule has 3 aromatic heterocycles. The van der Waals surface area contributed by atoms with Gasteiger partial charge >= 0.3 is 5.69 Å². The molecular weight excluding hydrogens is 484 g/mol. The fourth-order valence-corrected chi connectivity index (χ4v) is 5.74. The molecule has 0 radical (unpaired) electrons. The van der Waals surface area contributed by atoms with Crippen molar-refractivity contribution in [3.63, 3.8) is 0 Å². The maximum absolute atomic E-state index is 13.6. The number of benzene rings is 1. The molecule has 2 N–H and O–H groups in total. The Kier molecular flexibility index (Phi) is 6.86. The van der Waals surface area contributed by atoms with Crippen molar-refractivity contribution in [2.75, 3.05) is 13.2 Å². The third-order valence-corrected chi connectivity index (χ3v) is 7.58. The summed E-state index contributed by atoms with van der Waals surface area (Å²) in [6, 6.07) is 9.64. The van der Waals surface area contributed by atoms with E-state index in [1.165, 1.54) is 28.4 Å². The molecule has 10 nitrogen and oxygen atoms in total. The first-order valence-electron chi connectivity index (χ1n) is 11.7. The smallest absolute Gasteiger partial charge is 0.332 e. The zero-order valence-corrected chi connectivity index (χ0v) is 20.5. The Hall–Kier alpha value is -3.54. The molecule has 1 aliphatic rings. The molecule has 0 bridgehead atoms. The van der Waals surface area contributed by atoms with Crippen LogP contribution in [0.1, 0.15) is 30.1 Å². The Morgan fingerprint density at radius 3 is 2.64 bits per heavy atom. The van der Waals surface area contributed by atoms with Crippen LogP contribution in [0.4, 0.5) is 0 Å². The molecule has 1 aliphatic heterocycles. The van der Waals surface area contributed by atoms with E-state index < -0.39 is 29.8 Å². The van der Waals surface area contributed by atoms with Crippen molar-refractivity contribution < 1.29 is 18.7 Å². The highest BCUT2D eigenvalue weighted by Gasteiger charge is 2.27. The number of ether oxygens (including phenoxy) is 2. The van der Waals surface area contributed by atoms with Gasteiger partial charge < -0.3 is 19.6 Å². The van der Waals surface area contributed by atoms with Gasteiger partial charge in [-0.15, -0.1) is 11.3 Å². The number of oxazole rings is 1. The largest absolute Gasteiger partial charge is 0.444 e. The van der Waals surface area contributed by atoms with E-state index in [0.29, 0.717) is 39.8 Å². The Bertz CT molecular complexity index is 1480. The number of rotatable bonds is 8. The quantitative estimate of drug-likeness (QED) is 0.385. The number of carbonyl (C=O) groups excluding carboxylic acids is 1. The number of nitrogens with two attached hydrogens (primary N) is 1. The van der Waals surface area contributed by atoms with Gasteiger partial charge in [-0.05, 0) is 30.9 Å². The minimum Gasteiger partial charge on any atom is -0.444 e. The summed E-state index contributed by atoms with van der Waals surface area (Å²) in [5.74, 6) is -0.425. The predicted octanol–water partition coefficient (Wildman–Crippen LogP) is 2.61. The van der Waals surface area contributed by atoms with Crippen LogP contribution in [0.15, 0.2) is 56.8 Å². The van der Waals surface area contributed by atoms with E-state index in [2.05, 4.69) is 4.98 Å². The van der Waals surface area contributed by atoms with Gasteiger partial charge in [0.1, 0.15) is 23.7 Å². The summed E-state index contributed by atoms with van der Waals surface area (Å²) >= 11 is 1.25. The molecule has 0 aliphatic carbocycles. The fourth-order valence-electron chi connectivity index (χ4n) is 4.50. The predicted molar refractivity (Wildman–Crippen MR) is 134 cm³/mol. The number of aryl methyl sites for hydroxylation is 1. The third kappa shape index (κ3) is 4.64. The second-order valence-corrected chi connectivity index (χ2v) is 9.67. The molecule has 5 rings (SSSR count). The first kappa shape index (κ1) is 24.2. The number of hydrogen-bond acceptors (Lipinski definition) is 8. The highest BCUT2D eigenvalue weighted by Crippen LogP contribution is 2.36. The lowest BCUT2D eigenvalue weighted by Gasteiger charge is -2.28. The van der Waals surface area contributed by atoms with Crippen molar-refractivity contribution in [1.82, 2.24) is 14.1 Å². The summed E-state index contributed by atoms with van der Waals surface area (Å²) in [6.45, 7) is 2.62. The van der Waals surface area contributed by atoms with Crippen LogP contribution in [-0.4, -0.2) is 39.3 Å². The van der Waals surface area contributed by atoms with Crippen LogP contribution in [0, 0.1) is 6.92 Å². The van der Waals surface area contributed by atoms with Crippen LogP contribution in [0.25, 0.3) is 21.0 Å². The SMILES string of the molecule is Cc1c(-c2ncco2)sc2c1c(=O)n(CC(N)=O)c(=O)n2C[C@@H](OC1CCOCC1)c1ccccc1. The summed E-state index contributed by atoms with van der Waals surface area (Å²) in [4.78, 5) is 44.1. The molecule has 1 fully saturated rings. The van der Waals surface area contributed by atoms with Gasteiger partial charge in [0.05, 0.1) is 29.1 Å². The number of aromatic nitrogens is 3. The average Bonchev–Trinajstić information content (AvgIpc) is 3.53. The van der Waals surface area contributed by atoms with E-state index >= 15 is 0 Å². The number of carbonyl (C=O) groups is 1. The van der Waals surface area contributed by atoms with Gasteiger partial charge in [-0.2, -0.15) is 0 Å². The van der Waals surface area contributed by atoms with Gasteiger partial charge in [-0.1, -0.05) is 30.3 Å². The standard InChI is InChI=1S/C25H26N4O6S/c1-15-20-23(31)28(14-19(26)30)25(32)29(24(20)36-21(15)22-27-9-12-34-22)13-18(16-5-3-2-4-6-16)35-17-7-10-33-11-8-17/h2-6,9,12,17-18H,7-8,10-11,13-14H2,1H3,(H2,26,30)/t18-/m1/s1. The lowest BCUT2D eigenvalue weighted by atomic mass is 10.1. The average molecular weight is 511 g/mol. The first-order chi connectivity index (χ1) is 17.4. The van der Waals surface area contributed by atoms with E-state index in [1.807, 2.05) is 30.3 Å². The number of amides is 1. The van der Waals surface area contributed by atoms with Crippen molar-refractivity contribution in [3.8, 4) is 10.8 Å². The lowest BCUT2D eigenvalue weighted by Crippen LogP contribution is -2.43. The van der Waals surface area contributed by atoms with E-state index in [-0.39, 0.29) is 12.6 Å². The van der Waals surface area contributed by atoms with Crippen LogP contribution in [0.2, 0.25) is 0 Å². The van der Waals surface area contributed by atoms with Gasteiger partial charge in [0.15, 0.2) is 0 Å². The minimum absolute atomic E-state index is 0.0281.